The molecule has 1 atom stereocenters. The zero-order chi connectivity index (χ0) is 16.3. The standard InChI is InChI=1S/C15H18ClN3O2S/c1-11(2)15(12-5-4-6-17-8-12)19(3)22(20,21)14-7-13(16)9-18-10-14/h4-11,15H,1-3H3/t15-/m0/s1. The van der Waals surface area contributed by atoms with Crippen molar-refractivity contribution in [3.8, 4) is 0 Å². The van der Waals surface area contributed by atoms with Gasteiger partial charge in [0.2, 0.25) is 10.0 Å². The molecule has 0 aromatic carbocycles. The second kappa shape index (κ2) is 6.73. The molecule has 22 heavy (non-hydrogen) atoms. The molecule has 0 aliphatic heterocycles. The number of hydrogen-bond acceptors (Lipinski definition) is 4. The first-order valence-electron chi connectivity index (χ1n) is 6.82. The zero-order valence-corrected chi connectivity index (χ0v) is 14.2. The summed E-state index contributed by atoms with van der Waals surface area (Å²) in [5.41, 5.74) is 0.846. The van der Waals surface area contributed by atoms with Crippen LogP contribution in [0.25, 0.3) is 0 Å². The topological polar surface area (TPSA) is 63.2 Å². The van der Waals surface area contributed by atoms with Gasteiger partial charge >= 0.3 is 0 Å². The molecule has 5 nitrogen and oxygen atoms in total. The number of aromatic nitrogens is 2. The minimum atomic E-state index is -3.70. The molecule has 2 rings (SSSR count). The van der Waals surface area contributed by atoms with Crippen molar-refractivity contribution in [1.82, 2.24) is 14.3 Å². The Hall–Kier alpha value is -1.50. The summed E-state index contributed by atoms with van der Waals surface area (Å²) in [4.78, 5) is 8.02. The molecule has 0 saturated carbocycles. The van der Waals surface area contributed by atoms with Crippen LogP contribution in [0.2, 0.25) is 5.02 Å². The van der Waals surface area contributed by atoms with Gasteiger partial charge in [-0.05, 0) is 23.6 Å². The number of sulfonamides is 1. The first-order valence-corrected chi connectivity index (χ1v) is 8.64. The Bertz CT molecular complexity index is 735. The van der Waals surface area contributed by atoms with E-state index in [1.165, 1.54) is 22.8 Å². The molecule has 2 aromatic rings. The van der Waals surface area contributed by atoms with Crippen LogP contribution in [0.15, 0.2) is 47.9 Å². The quantitative estimate of drug-likeness (QED) is 0.839. The molecule has 2 aromatic heterocycles. The van der Waals surface area contributed by atoms with E-state index < -0.39 is 10.0 Å². The van der Waals surface area contributed by atoms with Gasteiger partial charge in [-0.2, -0.15) is 4.31 Å². The van der Waals surface area contributed by atoms with Gasteiger partial charge in [-0.3, -0.25) is 9.97 Å². The third-order valence-electron chi connectivity index (χ3n) is 3.41. The molecule has 0 bridgehead atoms. The SMILES string of the molecule is CC(C)[C@@H](c1cccnc1)N(C)S(=O)(=O)c1cncc(Cl)c1. The zero-order valence-electron chi connectivity index (χ0n) is 12.6. The van der Waals surface area contributed by atoms with E-state index in [9.17, 15) is 8.42 Å². The van der Waals surface area contributed by atoms with Crippen LogP contribution in [0.3, 0.4) is 0 Å². The second-order valence-electron chi connectivity index (χ2n) is 5.34. The minimum absolute atomic E-state index is 0.0797. The third-order valence-corrected chi connectivity index (χ3v) is 5.42. The molecule has 0 fully saturated rings. The van der Waals surface area contributed by atoms with Gasteiger partial charge in [0.1, 0.15) is 4.90 Å². The van der Waals surface area contributed by atoms with Gasteiger partial charge in [-0.1, -0.05) is 31.5 Å². The van der Waals surface area contributed by atoms with E-state index in [0.717, 1.165) is 5.56 Å². The highest BCUT2D eigenvalue weighted by molar-refractivity contribution is 7.89. The maximum atomic E-state index is 12.8. The maximum Gasteiger partial charge on any atom is 0.244 e. The van der Waals surface area contributed by atoms with E-state index in [0.29, 0.717) is 0 Å². The van der Waals surface area contributed by atoms with Crippen molar-refractivity contribution in [2.45, 2.75) is 24.8 Å². The normalized spacial score (nSPS) is 13.5. The van der Waals surface area contributed by atoms with Crippen LogP contribution >= 0.6 is 11.6 Å². The van der Waals surface area contributed by atoms with Crippen LogP contribution < -0.4 is 0 Å². The monoisotopic (exact) mass is 339 g/mol. The number of rotatable bonds is 5. The van der Waals surface area contributed by atoms with Crippen molar-refractivity contribution in [1.29, 1.82) is 0 Å². The first kappa shape index (κ1) is 16.9. The molecular formula is C15H18ClN3O2S. The van der Waals surface area contributed by atoms with Crippen LogP contribution in [-0.2, 0) is 10.0 Å². The van der Waals surface area contributed by atoms with Gasteiger partial charge in [-0.15, -0.1) is 0 Å². The van der Waals surface area contributed by atoms with Crippen LogP contribution in [-0.4, -0.2) is 29.7 Å². The average Bonchev–Trinajstić information content (AvgIpc) is 2.48. The average molecular weight is 340 g/mol. The highest BCUT2D eigenvalue weighted by Gasteiger charge is 2.31. The van der Waals surface area contributed by atoms with Crippen molar-refractivity contribution in [3.63, 3.8) is 0 Å². The lowest BCUT2D eigenvalue weighted by Crippen LogP contribution is -2.34. The van der Waals surface area contributed by atoms with Crippen LogP contribution in [0.1, 0.15) is 25.5 Å². The van der Waals surface area contributed by atoms with Gasteiger partial charge in [-0.25, -0.2) is 8.42 Å². The minimum Gasteiger partial charge on any atom is -0.264 e. The van der Waals surface area contributed by atoms with Crippen LogP contribution in [0.5, 0.6) is 0 Å². The Morgan fingerprint density at radius 1 is 1.18 bits per heavy atom. The fourth-order valence-electron chi connectivity index (χ4n) is 2.41. The fourth-order valence-corrected chi connectivity index (χ4v) is 4.12. The lowest BCUT2D eigenvalue weighted by Gasteiger charge is -2.30. The predicted molar refractivity (Wildman–Crippen MR) is 86.0 cm³/mol. The Balaban J connectivity index is 2.45. The molecule has 118 valence electrons. The second-order valence-corrected chi connectivity index (χ2v) is 7.77. The van der Waals surface area contributed by atoms with Crippen molar-refractivity contribution < 1.29 is 8.42 Å². The first-order chi connectivity index (χ1) is 10.3. The Labute approximate surface area is 136 Å². The molecule has 0 radical (unpaired) electrons. The molecule has 0 amide bonds. The molecule has 0 unspecified atom stereocenters. The summed E-state index contributed by atoms with van der Waals surface area (Å²) in [5.74, 6) is 0.0797. The van der Waals surface area contributed by atoms with Crippen LogP contribution in [0.4, 0.5) is 0 Å². The van der Waals surface area contributed by atoms with E-state index in [1.54, 1.807) is 25.5 Å². The van der Waals surface area contributed by atoms with E-state index in [-0.39, 0.29) is 21.9 Å². The molecule has 0 N–H and O–H groups in total. The summed E-state index contributed by atoms with van der Waals surface area (Å²) in [7, 11) is -2.13. The molecular weight excluding hydrogens is 322 g/mol. The highest BCUT2D eigenvalue weighted by atomic mass is 35.5. The van der Waals surface area contributed by atoms with E-state index in [1.807, 2.05) is 19.9 Å². The van der Waals surface area contributed by atoms with Gasteiger partial charge in [0.15, 0.2) is 0 Å². The summed E-state index contributed by atoms with van der Waals surface area (Å²) < 4.78 is 27.0. The van der Waals surface area contributed by atoms with E-state index in [4.69, 9.17) is 11.6 Å². The molecule has 0 aliphatic carbocycles. The number of nitrogens with zero attached hydrogens (tertiary/aromatic N) is 3. The summed E-state index contributed by atoms with van der Waals surface area (Å²) in [6.07, 6.45) is 6.06. The fraction of sp³-hybridized carbons (Fsp3) is 0.333. The maximum absolute atomic E-state index is 12.8. The van der Waals surface area contributed by atoms with Gasteiger partial charge < -0.3 is 0 Å². The summed E-state index contributed by atoms with van der Waals surface area (Å²) >= 11 is 5.86. The predicted octanol–water partition coefficient (Wildman–Crippen LogP) is 3.15. The Morgan fingerprint density at radius 3 is 2.45 bits per heavy atom. The van der Waals surface area contributed by atoms with Crippen molar-refractivity contribution in [3.05, 3.63) is 53.6 Å². The van der Waals surface area contributed by atoms with Gasteiger partial charge in [0.05, 0.1) is 11.1 Å². The summed E-state index contributed by atoms with van der Waals surface area (Å²) in [5, 5.41) is 0.289. The molecule has 0 aliphatic rings. The number of pyridine rings is 2. The van der Waals surface area contributed by atoms with Crippen molar-refractivity contribution >= 4 is 21.6 Å². The summed E-state index contributed by atoms with van der Waals surface area (Å²) in [6, 6.07) is 4.75. The highest BCUT2D eigenvalue weighted by Crippen LogP contribution is 2.31. The Kier molecular flexibility index (Phi) is 5.16. The Morgan fingerprint density at radius 2 is 1.91 bits per heavy atom. The van der Waals surface area contributed by atoms with E-state index >= 15 is 0 Å². The molecule has 2 heterocycles. The smallest absolute Gasteiger partial charge is 0.244 e. The largest absolute Gasteiger partial charge is 0.264 e. The molecule has 0 spiro atoms. The number of hydrogen-bond donors (Lipinski definition) is 0. The molecule has 7 heteroatoms. The third kappa shape index (κ3) is 3.45. The lowest BCUT2D eigenvalue weighted by molar-refractivity contribution is 0.299. The number of halogens is 1. The van der Waals surface area contributed by atoms with Gasteiger partial charge in [0, 0.05) is 31.8 Å². The van der Waals surface area contributed by atoms with Crippen LogP contribution in [0, 0.1) is 5.92 Å². The van der Waals surface area contributed by atoms with Crippen molar-refractivity contribution in [2.75, 3.05) is 7.05 Å². The summed E-state index contributed by atoms with van der Waals surface area (Å²) in [6.45, 7) is 3.94. The van der Waals surface area contributed by atoms with E-state index in [2.05, 4.69) is 9.97 Å². The lowest BCUT2D eigenvalue weighted by atomic mass is 9.98. The molecule has 0 saturated heterocycles. The van der Waals surface area contributed by atoms with Crippen molar-refractivity contribution in [2.24, 2.45) is 5.92 Å². The van der Waals surface area contributed by atoms with Gasteiger partial charge in [0.25, 0.3) is 0 Å².